The Bertz CT molecular complexity index is 463. The van der Waals surface area contributed by atoms with Crippen LogP contribution in [0.5, 0.6) is 0 Å². The highest BCUT2D eigenvalue weighted by Crippen LogP contribution is 2.37. The Hall–Kier alpha value is -1.45. The quantitative estimate of drug-likeness (QED) is 0.906. The van der Waals surface area contributed by atoms with Gasteiger partial charge in [-0.1, -0.05) is 13.8 Å². The van der Waals surface area contributed by atoms with Gasteiger partial charge < -0.3 is 5.11 Å². The molecule has 1 aliphatic rings. The summed E-state index contributed by atoms with van der Waals surface area (Å²) in [5.74, 6) is 1.84. The number of nitrogens with zero attached hydrogens (tertiary/aromatic N) is 2. The van der Waals surface area contributed by atoms with E-state index < -0.39 is 5.97 Å². The molecule has 1 fully saturated rings. The van der Waals surface area contributed by atoms with Crippen LogP contribution in [0.15, 0.2) is 6.20 Å². The third kappa shape index (κ3) is 3.11. The van der Waals surface area contributed by atoms with E-state index in [0.29, 0.717) is 11.6 Å². The van der Waals surface area contributed by atoms with Gasteiger partial charge >= 0.3 is 5.97 Å². The van der Waals surface area contributed by atoms with Crippen molar-refractivity contribution in [1.82, 2.24) is 9.97 Å². The minimum absolute atomic E-state index is 0.208. The van der Waals surface area contributed by atoms with E-state index in [4.69, 9.17) is 5.11 Å². The van der Waals surface area contributed by atoms with Crippen molar-refractivity contribution in [3.63, 3.8) is 0 Å². The molecule has 0 aromatic carbocycles. The average molecular weight is 262 g/mol. The Morgan fingerprint density at radius 1 is 1.32 bits per heavy atom. The van der Waals surface area contributed by atoms with Gasteiger partial charge in [0.1, 0.15) is 5.82 Å². The molecule has 1 aromatic heterocycles. The van der Waals surface area contributed by atoms with Crippen molar-refractivity contribution in [3.05, 3.63) is 23.3 Å². The first-order valence-corrected chi connectivity index (χ1v) is 7.06. The van der Waals surface area contributed by atoms with Crippen LogP contribution in [0.3, 0.4) is 0 Å². The highest BCUT2D eigenvalue weighted by Gasteiger charge is 2.26. The van der Waals surface area contributed by atoms with Gasteiger partial charge in [0.2, 0.25) is 0 Å². The van der Waals surface area contributed by atoms with E-state index in [0.717, 1.165) is 30.5 Å². The Kier molecular flexibility index (Phi) is 4.17. The molecule has 0 aliphatic heterocycles. The van der Waals surface area contributed by atoms with Crippen molar-refractivity contribution >= 4 is 5.97 Å². The Labute approximate surface area is 114 Å². The SMILES string of the molecule is Cc1nc(C2CCC(C(C)C)CC2)ncc1C(=O)O. The maximum atomic E-state index is 10.9. The second kappa shape index (κ2) is 5.68. The van der Waals surface area contributed by atoms with Crippen molar-refractivity contribution in [2.75, 3.05) is 0 Å². The molecule has 1 heterocycles. The van der Waals surface area contributed by atoms with Gasteiger partial charge in [-0.05, 0) is 44.4 Å². The molecule has 2 rings (SSSR count). The number of carboxylic acids is 1. The first-order chi connectivity index (χ1) is 8.99. The maximum Gasteiger partial charge on any atom is 0.339 e. The molecule has 1 aliphatic carbocycles. The number of rotatable bonds is 3. The van der Waals surface area contributed by atoms with Crippen LogP contribution in [-0.2, 0) is 0 Å². The van der Waals surface area contributed by atoms with E-state index >= 15 is 0 Å². The van der Waals surface area contributed by atoms with Crippen molar-refractivity contribution in [2.24, 2.45) is 11.8 Å². The fourth-order valence-electron chi connectivity index (χ4n) is 2.94. The van der Waals surface area contributed by atoms with Gasteiger partial charge in [0.05, 0.1) is 11.3 Å². The molecular weight excluding hydrogens is 240 g/mol. The van der Waals surface area contributed by atoms with Crippen LogP contribution in [0.25, 0.3) is 0 Å². The summed E-state index contributed by atoms with van der Waals surface area (Å²) in [7, 11) is 0. The van der Waals surface area contributed by atoms with E-state index in [1.54, 1.807) is 6.92 Å². The number of aromatic carboxylic acids is 1. The molecule has 0 bridgehead atoms. The second-order valence-corrected chi connectivity index (χ2v) is 5.89. The summed E-state index contributed by atoms with van der Waals surface area (Å²) in [5.41, 5.74) is 0.781. The molecule has 0 amide bonds. The lowest BCUT2D eigenvalue weighted by atomic mass is 9.76. The third-order valence-electron chi connectivity index (χ3n) is 4.31. The lowest BCUT2D eigenvalue weighted by molar-refractivity contribution is 0.0695. The van der Waals surface area contributed by atoms with E-state index in [1.165, 1.54) is 19.0 Å². The van der Waals surface area contributed by atoms with Crippen LogP contribution in [0.4, 0.5) is 0 Å². The topological polar surface area (TPSA) is 63.1 Å². The molecule has 1 N–H and O–H groups in total. The van der Waals surface area contributed by atoms with Crippen molar-refractivity contribution in [2.45, 2.75) is 52.4 Å². The van der Waals surface area contributed by atoms with E-state index in [9.17, 15) is 4.79 Å². The van der Waals surface area contributed by atoms with E-state index in [2.05, 4.69) is 23.8 Å². The van der Waals surface area contributed by atoms with E-state index in [-0.39, 0.29) is 5.56 Å². The molecule has 104 valence electrons. The predicted molar refractivity (Wildman–Crippen MR) is 73.3 cm³/mol. The molecule has 1 aromatic rings. The zero-order valence-electron chi connectivity index (χ0n) is 11.9. The van der Waals surface area contributed by atoms with Crippen LogP contribution < -0.4 is 0 Å². The summed E-state index contributed by atoms with van der Waals surface area (Å²) < 4.78 is 0. The minimum Gasteiger partial charge on any atom is -0.478 e. The Morgan fingerprint density at radius 2 is 1.95 bits per heavy atom. The zero-order valence-corrected chi connectivity index (χ0v) is 11.9. The number of carbonyl (C=O) groups is 1. The summed E-state index contributed by atoms with van der Waals surface area (Å²) in [4.78, 5) is 19.6. The van der Waals surface area contributed by atoms with Crippen LogP contribution >= 0.6 is 0 Å². The first kappa shape index (κ1) is 14.0. The zero-order chi connectivity index (χ0) is 14.0. The fraction of sp³-hybridized carbons (Fsp3) is 0.667. The predicted octanol–water partition coefficient (Wildman–Crippen LogP) is 3.41. The average Bonchev–Trinajstić information content (AvgIpc) is 2.38. The molecule has 0 radical (unpaired) electrons. The summed E-state index contributed by atoms with van der Waals surface area (Å²) in [6.45, 7) is 6.31. The van der Waals surface area contributed by atoms with Gasteiger partial charge in [0.25, 0.3) is 0 Å². The molecule has 1 saturated carbocycles. The number of aromatic nitrogens is 2. The Morgan fingerprint density at radius 3 is 2.42 bits per heavy atom. The third-order valence-corrected chi connectivity index (χ3v) is 4.31. The molecule has 0 atom stereocenters. The summed E-state index contributed by atoms with van der Waals surface area (Å²) in [6, 6.07) is 0. The second-order valence-electron chi connectivity index (χ2n) is 5.89. The van der Waals surface area contributed by atoms with Crippen molar-refractivity contribution in [3.8, 4) is 0 Å². The molecule has 4 nitrogen and oxygen atoms in total. The van der Waals surface area contributed by atoms with Gasteiger partial charge in [-0.3, -0.25) is 0 Å². The van der Waals surface area contributed by atoms with Crippen LogP contribution in [0.1, 0.15) is 67.3 Å². The normalized spacial score (nSPS) is 23.6. The standard InChI is InChI=1S/C15H22N2O2/c1-9(2)11-4-6-12(7-5-11)14-16-8-13(15(18)19)10(3)17-14/h8-9,11-12H,4-7H2,1-3H3,(H,18,19). The van der Waals surface area contributed by atoms with Gasteiger partial charge in [-0.15, -0.1) is 0 Å². The highest BCUT2D eigenvalue weighted by molar-refractivity contribution is 5.88. The Balaban J connectivity index is 2.08. The van der Waals surface area contributed by atoms with Gasteiger partial charge in [-0.2, -0.15) is 0 Å². The van der Waals surface area contributed by atoms with Crippen molar-refractivity contribution < 1.29 is 9.90 Å². The summed E-state index contributed by atoms with van der Waals surface area (Å²) in [6.07, 6.45) is 6.15. The lowest BCUT2D eigenvalue weighted by Gasteiger charge is -2.30. The van der Waals surface area contributed by atoms with Crippen LogP contribution in [-0.4, -0.2) is 21.0 Å². The minimum atomic E-state index is -0.951. The molecular formula is C15H22N2O2. The first-order valence-electron chi connectivity index (χ1n) is 7.06. The van der Waals surface area contributed by atoms with Crippen molar-refractivity contribution in [1.29, 1.82) is 0 Å². The highest BCUT2D eigenvalue weighted by atomic mass is 16.4. The van der Waals surface area contributed by atoms with Gasteiger partial charge in [0, 0.05) is 12.1 Å². The molecule has 0 unspecified atom stereocenters. The largest absolute Gasteiger partial charge is 0.478 e. The smallest absolute Gasteiger partial charge is 0.339 e. The number of hydrogen-bond donors (Lipinski definition) is 1. The fourth-order valence-corrected chi connectivity index (χ4v) is 2.94. The van der Waals surface area contributed by atoms with Crippen LogP contribution in [0, 0.1) is 18.8 Å². The maximum absolute atomic E-state index is 10.9. The molecule has 4 heteroatoms. The van der Waals surface area contributed by atoms with Crippen LogP contribution in [0.2, 0.25) is 0 Å². The molecule has 0 spiro atoms. The number of aryl methyl sites for hydroxylation is 1. The van der Waals surface area contributed by atoms with Gasteiger partial charge in [0.15, 0.2) is 0 Å². The summed E-state index contributed by atoms with van der Waals surface area (Å²) in [5, 5.41) is 8.98. The lowest BCUT2D eigenvalue weighted by Crippen LogP contribution is -2.19. The van der Waals surface area contributed by atoms with Gasteiger partial charge in [-0.25, -0.2) is 14.8 Å². The number of hydrogen-bond acceptors (Lipinski definition) is 3. The monoisotopic (exact) mass is 262 g/mol. The summed E-state index contributed by atoms with van der Waals surface area (Å²) >= 11 is 0. The van der Waals surface area contributed by atoms with E-state index in [1.807, 2.05) is 0 Å². The molecule has 19 heavy (non-hydrogen) atoms. The molecule has 0 saturated heterocycles. The number of carboxylic acid groups (broad SMARTS) is 1.